The van der Waals surface area contributed by atoms with Gasteiger partial charge in [-0.25, -0.2) is 4.39 Å². The van der Waals surface area contributed by atoms with Gasteiger partial charge in [0.2, 0.25) is 11.8 Å². The first-order chi connectivity index (χ1) is 12.4. The van der Waals surface area contributed by atoms with Crippen molar-refractivity contribution in [3.05, 3.63) is 0 Å². The fraction of sp³-hybridized carbons (Fsp3) is 0.900. The highest BCUT2D eigenvalue weighted by molar-refractivity contribution is 6.20. The smallest absolute Gasteiger partial charge is 0.246 e. The molecule has 0 aromatic heterocycles. The summed E-state index contributed by atoms with van der Waals surface area (Å²) in [7, 11) is 0. The van der Waals surface area contributed by atoms with E-state index >= 15 is 0 Å². The minimum absolute atomic E-state index is 0.0142. The molecule has 148 valence electrons. The summed E-state index contributed by atoms with van der Waals surface area (Å²) in [5.74, 6) is 0.628. The Morgan fingerprint density at radius 1 is 1.04 bits per heavy atom. The first-order valence-electron chi connectivity index (χ1n) is 10.2. The molecule has 1 saturated heterocycles. The molecule has 1 aliphatic heterocycles. The predicted molar refractivity (Wildman–Crippen MR) is 101 cm³/mol. The summed E-state index contributed by atoms with van der Waals surface area (Å²) in [5.41, 5.74) is 0. The Bertz CT molecular complexity index is 514. The highest BCUT2D eigenvalue weighted by Crippen LogP contribution is 2.35. The Labute approximate surface area is 161 Å². The molecule has 1 heterocycles. The zero-order valence-corrected chi connectivity index (χ0v) is 16.8. The van der Waals surface area contributed by atoms with E-state index in [0.717, 1.165) is 25.7 Å². The van der Waals surface area contributed by atoms with Gasteiger partial charge in [0, 0.05) is 18.0 Å². The quantitative estimate of drug-likeness (QED) is 0.690. The van der Waals surface area contributed by atoms with Gasteiger partial charge in [-0.3, -0.25) is 9.59 Å². The molecule has 0 bridgehead atoms. The monoisotopic (exact) mass is 386 g/mol. The fourth-order valence-corrected chi connectivity index (χ4v) is 5.11. The van der Waals surface area contributed by atoms with E-state index in [4.69, 9.17) is 11.6 Å². The molecule has 0 spiro atoms. The Morgan fingerprint density at radius 3 is 2.23 bits per heavy atom. The lowest BCUT2D eigenvalue weighted by atomic mass is 9.80. The van der Waals surface area contributed by atoms with Gasteiger partial charge in [-0.15, -0.1) is 11.6 Å². The molecule has 0 radical (unpaired) electrons. The van der Waals surface area contributed by atoms with Gasteiger partial charge in [0.1, 0.15) is 18.8 Å². The molecule has 0 aromatic rings. The van der Waals surface area contributed by atoms with Crippen LogP contribution in [0.15, 0.2) is 0 Å². The molecule has 6 heteroatoms. The number of amides is 2. The summed E-state index contributed by atoms with van der Waals surface area (Å²) in [6.07, 6.45) is 5.66. The molecule has 2 amide bonds. The summed E-state index contributed by atoms with van der Waals surface area (Å²) in [6.45, 7) is 4.74. The van der Waals surface area contributed by atoms with Crippen molar-refractivity contribution in [2.24, 2.45) is 11.8 Å². The fourth-order valence-electron chi connectivity index (χ4n) is 4.86. The second-order valence-electron chi connectivity index (χ2n) is 8.68. The van der Waals surface area contributed by atoms with Crippen LogP contribution in [0.1, 0.15) is 65.2 Å². The first-order valence-corrected chi connectivity index (χ1v) is 10.7. The molecule has 1 unspecified atom stereocenters. The van der Waals surface area contributed by atoms with Crippen molar-refractivity contribution in [2.45, 2.75) is 88.8 Å². The van der Waals surface area contributed by atoms with Crippen molar-refractivity contribution >= 4 is 23.4 Å². The van der Waals surface area contributed by atoms with Crippen LogP contribution in [0.2, 0.25) is 0 Å². The van der Waals surface area contributed by atoms with Crippen molar-refractivity contribution < 1.29 is 14.0 Å². The van der Waals surface area contributed by atoms with Crippen LogP contribution in [0.5, 0.6) is 0 Å². The number of alkyl halides is 2. The van der Waals surface area contributed by atoms with Crippen molar-refractivity contribution in [1.29, 1.82) is 0 Å². The number of hydrogen-bond donors (Lipinski definition) is 0. The van der Waals surface area contributed by atoms with Crippen LogP contribution >= 0.6 is 11.6 Å². The Kier molecular flexibility index (Phi) is 6.47. The van der Waals surface area contributed by atoms with E-state index in [0.29, 0.717) is 38.1 Å². The third-order valence-electron chi connectivity index (χ3n) is 6.50. The van der Waals surface area contributed by atoms with Crippen molar-refractivity contribution in [2.75, 3.05) is 13.1 Å². The molecular weight excluding hydrogens is 355 g/mol. The lowest BCUT2D eigenvalue weighted by Crippen LogP contribution is -2.64. The topological polar surface area (TPSA) is 40.6 Å². The van der Waals surface area contributed by atoms with Crippen LogP contribution in [-0.4, -0.2) is 58.3 Å². The zero-order chi connectivity index (χ0) is 18.8. The van der Waals surface area contributed by atoms with E-state index in [9.17, 15) is 14.0 Å². The van der Waals surface area contributed by atoms with Crippen LogP contribution in [0, 0.1) is 11.8 Å². The third kappa shape index (κ3) is 4.35. The van der Waals surface area contributed by atoms with Crippen molar-refractivity contribution in [3.63, 3.8) is 0 Å². The number of hydrogen-bond acceptors (Lipinski definition) is 2. The molecule has 0 N–H and O–H groups in total. The normalized spacial score (nSPS) is 36.7. The molecule has 2 saturated carbocycles. The van der Waals surface area contributed by atoms with Crippen LogP contribution < -0.4 is 0 Å². The standard InChI is InChI=1S/C20H32ClFN2O2/c1-13(2)23-12-18(25)24(11-14-3-7-16(21)8-4-14)19(20(23)26)15-5-9-17(22)10-6-15/h13-17,19H,3-12H2,1-2H3. The van der Waals surface area contributed by atoms with E-state index < -0.39 is 12.2 Å². The Balaban J connectivity index is 1.77. The van der Waals surface area contributed by atoms with Gasteiger partial charge in [0.05, 0.1) is 0 Å². The van der Waals surface area contributed by atoms with Gasteiger partial charge < -0.3 is 9.80 Å². The molecule has 2 aliphatic carbocycles. The second kappa shape index (κ2) is 8.45. The van der Waals surface area contributed by atoms with Crippen molar-refractivity contribution in [1.82, 2.24) is 9.80 Å². The number of nitrogens with zero attached hydrogens (tertiary/aromatic N) is 2. The highest BCUT2D eigenvalue weighted by Gasteiger charge is 2.45. The highest BCUT2D eigenvalue weighted by atomic mass is 35.5. The lowest BCUT2D eigenvalue weighted by molar-refractivity contribution is -0.161. The maximum Gasteiger partial charge on any atom is 0.246 e. The number of carbonyl (C=O) groups is 2. The Hall–Kier alpha value is -0.840. The molecule has 26 heavy (non-hydrogen) atoms. The van der Waals surface area contributed by atoms with Gasteiger partial charge in [-0.05, 0) is 77.0 Å². The zero-order valence-electron chi connectivity index (χ0n) is 16.0. The molecule has 4 nitrogen and oxygen atoms in total. The van der Waals surface area contributed by atoms with Gasteiger partial charge in [0.25, 0.3) is 0 Å². The van der Waals surface area contributed by atoms with Crippen LogP contribution in [-0.2, 0) is 9.59 Å². The minimum Gasteiger partial charge on any atom is -0.329 e. The van der Waals surface area contributed by atoms with E-state index in [2.05, 4.69) is 0 Å². The van der Waals surface area contributed by atoms with E-state index in [-0.39, 0.29) is 35.7 Å². The molecule has 3 fully saturated rings. The number of piperazine rings is 1. The van der Waals surface area contributed by atoms with Gasteiger partial charge in [-0.2, -0.15) is 0 Å². The second-order valence-corrected chi connectivity index (χ2v) is 9.30. The van der Waals surface area contributed by atoms with E-state index in [1.807, 2.05) is 18.7 Å². The molecular formula is C20H32ClFN2O2. The summed E-state index contributed by atoms with van der Waals surface area (Å²) in [5, 5.41) is 0.247. The number of halogens is 2. The summed E-state index contributed by atoms with van der Waals surface area (Å²) in [4.78, 5) is 29.7. The average Bonchev–Trinajstić information content (AvgIpc) is 2.61. The number of rotatable bonds is 4. The van der Waals surface area contributed by atoms with Gasteiger partial charge >= 0.3 is 0 Å². The molecule has 3 aliphatic rings. The van der Waals surface area contributed by atoms with Crippen LogP contribution in [0.3, 0.4) is 0 Å². The van der Waals surface area contributed by atoms with E-state index in [1.165, 1.54) is 0 Å². The SMILES string of the molecule is CC(C)N1CC(=O)N(CC2CCC(Cl)CC2)C(C2CCC(F)CC2)C1=O. The molecule has 3 rings (SSSR count). The largest absolute Gasteiger partial charge is 0.329 e. The summed E-state index contributed by atoms with van der Waals surface area (Å²) >= 11 is 6.22. The minimum atomic E-state index is -0.755. The number of carbonyl (C=O) groups excluding carboxylic acids is 2. The average molecular weight is 387 g/mol. The summed E-state index contributed by atoms with van der Waals surface area (Å²) < 4.78 is 13.6. The maximum absolute atomic E-state index is 13.6. The third-order valence-corrected chi connectivity index (χ3v) is 6.94. The molecule has 0 aromatic carbocycles. The van der Waals surface area contributed by atoms with Crippen molar-refractivity contribution in [3.8, 4) is 0 Å². The molecule has 1 atom stereocenters. The van der Waals surface area contributed by atoms with Crippen LogP contribution in [0.25, 0.3) is 0 Å². The van der Waals surface area contributed by atoms with Crippen LogP contribution in [0.4, 0.5) is 4.39 Å². The first kappa shape index (κ1) is 19.9. The van der Waals surface area contributed by atoms with E-state index in [1.54, 1.807) is 4.90 Å². The Morgan fingerprint density at radius 2 is 1.65 bits per heavy atom. The summed E-state index contributed by atoms with van der Waals surface area (Å²) in [6, 6.07) is -0.389. The predicted octanol–water partition coefficient (Wildman–Crippen LogP) is 3.76. The lowest BCUT2D eigenvalue weighted by Gasteiger charge is -2.47. The maximum atomic E-state index is 13.6. The van der Waals surface area contributed by atoms with Gasteiger partial charge in [-0.1, -0.05) is 0 Å². The van der Waals surface area contributed by atoms with Gasteiger partial charge in [0.15, 0.2) is 0 Å².